The van der Waals surface area contributed by atoms with E-state index in [0.29, 0.717) is 33.5 Å². The molecule has 2 aromatic heterocycles. The summed E-state index contributed by atoms with van der Waals surface area (Å²) in [5, 5.41) is 3.75. The fourth-order valence-corrected chi connectivity index (χ4v) is 8.07. The van der Waals surface area contributed by atoms with Crippen LogP contribution in [0.4, 0.5) is 19.0 Å². The summed E-state index contributed by atoms with van der Waals surface area (Å²) >= 11 is 0. The molecule has 0 bridgehead atoms. The van der Waals surface area contributed by atoms with E-state index in [4.69, 9.17) is 0 Å². The summed E-state index contributed by atoms with van der Waals surface area (Å²) in [6.45, 7) is 5.18. The summed E-state index contributed by atoms with van der Waals surface area (Å²) in [6, 6.07) is 5.21. The standard InChI is InChI=1S/C23H27F3N5O3PS/c1-14-17(6-5-7-19(14)23(24,25)26)15(2)28-22-18-12-21(27-13-20(18)29-16(3)30-22)35(32)10-8-31(9-11-35)36(4,33)34/h5-7,12-13,15H,8-11H2,1-4H3,(H,28,29,30)/t15-/m1/s1. The molecule has 0 unspecified atom stereocenters. The molecular weight excluding hydrogens is 514 g/mol. The van der Waals surface area contributed by atoms with E-state index in [1.807, 2.05) is 0 Å². The second-order valence-corrected chi connectivity index (χ2v) is 14.2. The molecule has 1 aromatic carbocycles. The number of nitrogens with zero attached hydrogens (tertiary/aromatic N) is 4. The number of aryl methyl sites for hydroxylation is 1. The summed E-state index contributed by atoms with van der Waals surface area (Å²) in [5.74, 6) is 0.840. The van der Waals surface area contributed by atoms with Gasteiger partial charge >= 0.3 is 6.18 Å². The van der Waals surface area contributed by atoms with Crippen LogP contribution in [0.3, 0.4) is 0 Å². The van der Waals surface area contributed by atoms with Gasteiger partial charge < -0.3 is 9.88 Å². The lowest BCUT2D eigenvalue weighted by atomic mass is 9.97. The number of hydrogen-bond donors (Lipinski definition) is 1. The van der Waals surface area contributed by atoms with Crippen LogP contribution in [-0.2, 0) is 20.8 Å². The molecule has 1 aliphatic rings. The molecule has 1 atom stereocenters. The summed E-state index contributed by atoms with van der Waals surface area (Å²) in [7, 11) is -6.33. The normalized spacial score (nSPS) is 17.8. The Morgan fingerprint density at radius 1 is 1.14 bits per heavy atom. The second-order valence-electron chi connectivity index (χ2n) is 9.06. The number of halogens is 3. The monoisotopic (exact) mass is 541 g/mol. The van der Waals surface area contributed by atoms with Crippen LogP contribution in [-0.4, -0.2) is 59.3 Å². The number of nitrogens with one attached hydrogen (secondary N) is 1. The topological polar surface area (TPSA) is 105 Å². The van der Waals surface area contributed by atoms with E-state index in [9.17, 15) is 26.2 Å². The molecule has 1 aliphatic heterocycles. The third kappa shape index (κ3) is 5.26. The molecule has 3 heterocycles. The van der Waals surface area contributed by atoms with Crippen molar-refractivity contribution in [3.05, 3.63) is 53.0 Å². The summed E-state index contributed by atoms with van der Waals surface area (Å²) in [6.07, 6.45) is -1.48. The quantitative estimate of drug-likeness (QED) is 0.485. The number of fused-ring (bicyclic) bond motifs is 1. The van der Waals surface area contributed by atoms with Gasteiger partial charge in [-0.2, -0.15) is 13.2 Å². The van der Waals surface area contributed by atoms with E-state index in [1.165, 1.54) is 23.5 Å². The van der Waals surface area contributed by atoms with Crippen LogP contribution in [0, 0.1) is 13.8 Å². The minimum Gasteiger partial charge on any atom is -0.363 e. The largest absolute Gasteiger partial charge is 0.416 e. The van der Waals surface area contributed by atoms with Gasteiger partial charge in [-0.25, -0.2) is 22.7 Å². The smallest absolute Gasteiger partial charge is 0.363 e. The van der Waals surface area contributed by atoms with Crippen molar-refractivity contribution < 1.29 is 26.2 Å². The van der Waals surface area contributed by atoms with Crippen LogP contribution < -0.4 is 10.8 Å². The number of alkyl halides is 3. The number of rotatable bonds is 5. The highest BCUT2D eigenvalue weighted by Crippen LogP contribution is 2.46. The lowest BCUT2D eigenvalue weighted by Gasteiger charge is -2.30. The molecule has 0 spiro atoms. The maximum atomic E-state index is 13.7. The summed E-state index contributed by atoms with van der Waals surface area (Å²) in [4.78, 5) is 13.3. The molecular formula is C23H27F3N5O3PS. The minimum absolute atomic E-state index is 0.129. The summed E-state index contributed by atoms with van der Waals surface area (Å²) < 4.78 is 78.9. The zero-order valence-electron chi connectivity index (χ0n) is 20.3. The Kier molecular flexibility index (Phi) is 6.91. The van der Waals surface area contributed by atoms with Crippen molar-refractivity contribution in [3.63, 3.8) is 0 Å². The van der Waals surface area contributed by atoms with Crippen LogP contribution >= 0.6 is 7.14 Å². The number of benzene rings is 1. The predicted molar refractivity (Wildman–Crippen MR) is 134 cm³/mol. The number of aromatic nitrogens is 3. The Hall–Kier alpha value is -2.56. The lowest BCUT2D eigenvalue weighted by molar-refractivity contribution is -0.138. The molecule has 0 radical (unpaired) electrons. The first-order valence-electron chi connectivity index (χ1n) is 11.3. The molecule has 0 saturated carbocycles. The Labute approximate surface area is 207 Å². The molecule has 4 rings (SSSR count). The van der Waals surface area contributed by atoms with E-state index in [2.05, 4.69) is 20.3 Å². The average Bonchev–Trinajstić information content (AvgIpc) is 2.77. The highest BCUT2D eigenvalue weighted by atomic mass is 32.2. The van der Waals surface area contributed by atoms with E-state index in [-0.39, 0.29) is 31.0 Å². The van der Waals surface area contributed by atoms with Gasteiger partial charge in [0.2, 0.25) is 10.0 Å². The Morgan fingerprint density at radius 3 is 2.42 bits per heavy atom. The Bertz CT molecular complexity index is 1470. The van der Waals surface area contributed by atoms with Gasteiger partial charge in [0.1, 0.15) is 24.2 Å². The zero-order valence-corrected chi connectivity index (χ0v) is 22.0. The molecule has 3 aromatic rings. The highest BCUT2D eigenvalue weighted by Gasteiger charge is 2.35. The van der Waals surface area contributed by atoms with E-state index in [0.717, 1.165) is 12.3 Å². The number of anilines is 1. The second kappa shape index (κ2) is 9.39. The highest BCUT2D eigenvalue weighted by molar-refractivity contribution is 7.88. The van der Waals surface area contributed by atoms with E-state index >= 15 is 0 Å². The predicted octanol–water partition coefficient (Wildman–Crippen LogP) is 4.10. The molecule has 36 heavy (non-hydrogen) atoms. The first-order chi connectivity index (χ1) is 16.7. The maximum absolute atomic E-state index is 13.7. The molecule has 194 valence electrons. The fourth-order valence-electron chi connectivity index (χ4n) is 4.51. The van der Waals surface area contributed by atoms with Gasteiger partial charge in [-0.3, -0.25) is 4.98 Å². The lowest BCUT2D eigenvalue weighted by Crippen LogP contribution is -2.40. The van der Waals surface area contributed by atoms with Gasteiger partial charge in [-0.15, -0.1) is 0 Å². The Morgan fingerprint density at radius 2 is 1.81 bits per heavy atom. The van der Waals surface area contributed by atoms with Gasteiger partial charge in [0.25, 0.3) is 0 Å². The molecule has 13 heteroatoms. The number of pyridine rings is 1. The van der Waals surface area contributed by atoms with Crippen molar-refractivity contribution in [3.8, 4) is 0 Å². The third-order valence-corrected chi connectivity index (χ3v) is 10.7. The van der Waals surface area contributed by atoms with Gasteiger partial charge in [0, 0.05) is 30.8 Å². The van der Waals surface area contributed by atoms with Crippen molar-refractivity contribution >= 4 is 39.3 Å². The SMILES string of the molecule is Cc1nc(N[C@H](C)c2cccc(C(F)(F)F)c2C)c2cc(P3(=O)CCN(S(C)(=O)=O)CC3)ncc2n1. The first kappa shape index (κ1) is 26.5. The fraction of sp³-hybridized carbons (Fsp3) is 0.435. The van der Waals surface area contributed by atoms with Crippen molar-refractivity contribution in [1.29, 1.82) is 0 Å². The van der Waals surface area contributed by atoms with Crippen molar-refractivity contribution in [2.24, 2.45) is 0 Å². The van der Waals surface area contributed by atoms with Crippen molar-refractivity contribution in [2.75, 3.05) is 37.0 Å². The van der Waals surface area contributed by atoms with Gasteiger partial charge in [-0.1, -0.05) is 12.1 Å². The molecule has 0 aliphatic carbocycles. The maximum Gasteiger partial charge on any atom is 0.416 e. The molecule has 1 saturated heterocycles. The van der Waals surface area contributed by atoms with Crippen LogP contribution in [0.15, 0.2) is 30.5 Å². The van der Waals surface area contributed by atoms with Crippen LogP contribution in [0.25, 0.3) is 10.9 Å². The molecule has 0 amide bonds. The van der Waals surface area contributed by atoms with Crippen LogP contribution in [0.1, 0.15) is 35.5 Å². The first-order valence-corrected chi connectivity index (χ1v) is 15.2. The van der Waals surface area contributed by atoms with Gasteiger partial charge in [-0.05, 0) is 44.0 Å². The van der Waals surface area contributed by atoms with Crippen molar-refractivity contribution in [1.82, 2.24) is 19.3 Å². The molecule has 8 nitrogen and oxygen atoms in total. The summed E-state index contributed by atoms with van der Waals surface area (Å²) in [5.41, 5.74) is 0.779. The number of sulfonamides is 1. The van der Waals surface area contributed by atoms with Gasteiger partial charge in [0.05, 0.1) is 29.6 Å². The van der Waals surface area contributed by atoms with E-state index < -0.39 is 34.9 Å². The average molecular weight is 542 g/mol. The van der Waals surface area contributed by atoms with E-state index in [1.54, 1.807) is 26.0 Å². The molecule has 1 fully saturated rings. The Balaban J connectivity index is 1.69. The van der Waals surface area contributed by atoms with Crippen molar-refractivity contribution in [2.45, 2.75) is 33.0 Å². The van der Waals surface area contributed by atoms with Gasteiger partial charge in [0.15, 0.2) is 0 Å². The van der Waals surface area contributed by atoms with Crippen LogP contribution in [0.5, 0.6) is 0 Å². The zero-order chi connectivity index (χ0) is 26.5. The third-order valence-electron chi connectivity index (χ3n) is 6.49. The number of hydrogen-bond acceptors (Lipinski definition) is 7. The van der Waals surface area contributed by atoms with Crippen LogP contribution in [0.2, 0.25) is 0 Å². The molecule has 1 N–H and O–H groups in total. The minimum atomic E-state index is -4.46.